The minimum Gasteiger partial charge on any atom is -0.481 e. The van der Waals surface area contributed by atoms with Crippen LogP contribution in [-0.4, -0.2) is 60.0 Å². The van der Waals surface area contributed by atoms with Crippen LogP contribution in [0.4, 0.5) is 0 Å². The highest BCUT2D eigenvalue weighted by Gasteiger charge is 2.33. The predicted molar refractivity (Wildman–Crippen MR) is 124 cm³/mol. The van der Waals surface area contributed by atoms with Gasteiger partial charge in [0.1, 0.15) is 5.75 Å². The molecule has 1 heterocycles. The summed E-state index contributed by atoms with van der Waals surface area (Å²) in [6.45, 7) is 3.13. The van der Waals surface area contributed by atoms with Crippen LogP contribution in [0.25, 0.3) is 11.1 Å². The third-order valence-electron chi connectivity index (χ3n) is 6.09. The highest BCUT2D eigenvalue weighted by atomic mass is 16.5. The lowest BCUT2D eigenvalue weighted by molar-refractivity contribution is -0.139. The second-order valence-corrected chi connectivity index (χ2v) is 8.03. The number of aliphatic carboxylic acids is 1. The molecule has 6 nitrogen and oxygen atoms in total. The molecule has 1 saturated heterocycles. The Kier molecular flexibility index (Phi) is 5.60. The van der Waals surface area contributed by atoms with Crippen LogP contribution >= 0.6 is 0 Å². The lowest BCUT2D eigenvalue weighted by Gasteiger charge is -2.37. The fraction of sp³-hybridized carbons (Fsp3) is 0.231. The normalized spacial score (nSPS) is 16.2. The van der Waals surface area contributed by atoms with E-state index in [0.717, 1.165) is 31.7 Å². The molecule has 0 bridgehead atoms. The molecule has 0 amide bonds. The van der Waals surface area contributed by atoms with Gasteiger partial charge in [0.15, 0.2) is 6.61 Å². The molecule has 3 aromatic carbocycles. The van der Waals surface area contributed by atoms with Crippen molar-refractivity contribution in [2.75, 3.05) is 32.8 Å². The largest absolute Gasteiger partial charge is 0.481 e. The van der Waals surface area contributed by atoms with Crippen molar-refractivity contribution < 1.29 is 14.6 Å². The van der Waals surface area contributed by atoms with E-state index >= 15 is 0 Å². The molecule has 0 spiro atoms. The zero-order valence-corrected chi connectivity index (χ0v) is 17.7. The molecular formula is C26H25N3O3. The number of hydrogen-bond acceptors (Lipinski definition) is 5. The molecule has 0 saturated carbocycles. The fourth-order valence-corrected chi connectivity index (χ4v) is 4.61. The highest BCUT2D eigenvalue weighted by Crippen LogP contribution is 2.46. The van der Waals surface area contributed by atoms with E-state index < -0.39 is 5.97 Å². The van der Waals surface area contributed by atoms with Crippen molar-refractivity contribution in [3.8, 4) is 16.9 Å². The summed E-state index contributed by atoms with van der Waals surface area (Å²) in [5.74, 6) is -0.473. The number of ether oxygens (including phenoxy) is 1. The first kappa shape index (κ1) is 20.3. The Labute approximate surface area is 187 Å². The number of fused-ring (bicyclic) bond motifs is 3. The third-order valence-corrected chi connectivity index (χ3v) is 6.09. The number of benzene rings is 3. The Balaban J connectivity index is 1.27. The molecule has 2 aliphatic rings. The minimum absolute atomic E-state index is 0.290. The Morgan fingerprint density at radius 1 is 0.906 bits per heavy atom. The van der Waals surface area contributed by atoms with E-state index in [1.807, 2.05) is 18.2 Å². The molecule has 1 aliphatic heterocycles. The molecule has 6 heteroatoms. The van der Waals surface area contributed by atoms with E-state index in [0.29, 0.717) is 11.8 Å². The number of piperazine rings is 1. The summed E-state index contributed by atoms with van der Waals surface area (Å²) in [6.07, 6.45) is 1.76. The number of carboxylic acid groups (broad SMARTS) is 1. The maximum absolute atomic E-state index is 10.8. The van der Waals surface area contributed by atoms with Crippen molar-refractivity contribution in [3.05, 3.63) is 89.5 Å². The maximum atomic E-state index is 10.8. The SMILES string of the molecule is O=C(O)COc1ccccc1/C=N\N1CCN(C2c3ccccc3-c3ccccc32)CC1. The number of hydrazone groups is 1. The first-order valence-electron chi connectivity index (χ1n) is 10.9. The average molecular weight is 428 g/mol. The van der Waals surface area contributed by atoms with Crippen LogP contribution in [0.3, 0.4) is 0 Å². The van der Waals surface area contributed by atoms with Crippen LogP contribution in [-0.2, 0) is 4.79 Å². The van der Waals surface area contributed by atoms with Gasteiger partial charge in [0.05, 0.1) is 12.3 Å². The van der Waals surface area contributed by atoms with Crippen LogP contribution in [0.5, 0.6) is 5.75 Å². The maximum Gasteiger partial charge on any atom is 0.341 e. The molecule has 162 valence electrons. The number of hydrogen-bond donors (Lipinski definition) is 1. The smallest absolute Gasteiger partial charge is 0.341 e. The first-order chi connectivity index (χ1) is 15.7. The third kappa shape index (κ3) is 3.97. The molecule has 0 unspecified atom stereocenters. The topological polar surface area (TPSA) is 65.4 Å². The van der Waals surface area contributed by atoms with Gasteiger partial charge in [-0.3, -0.25) is 9.91 Å². The van der Waals surface area contributed by atoms with Gasteiger partial charge in [0.25, 0.3) is 0 Å². The van der Waals surface area contributed by atoms with E-state index in [1.165, 1.54) is 22.3 Å². The zero-order chi connectivity index (χ0) is 21.9. The quantitative estimate of drug-likeness (QED) is 0.605. The second-order valence-electron chi connectivity index (χ2n) is 8.03. The lowest BCUT2D eigenvalue weighted by Crippen LogP contribution is -2.45. The monoisotopic (exact) mass is 427 g/mol. The van der Waals surface area contributed by atoms with Crippen molar-refractivity contribution >= 4 is 12.2 Å². The van der Waals surface area contributed by atoms with Crippen LogP contribution in [0.15, 0.2) is 77.9 Å². The number of para-hydroxylation sites is 1. The number of nitrogens with zero attached hydrogens (tertiary/aromatic N) is 3. The van der Waals surface area contributed by atoms with Gasteiger partial charge in [-0.25, -0.2) is 4.79 Å². The average Bonchev–Trinajstić information content (AvgIpc) is 3.17. The summed E-state index contributed by atoms with van der Waals surface area (Å²) in [6, 6.07) is 25.1. The van der Waals surface area contributed by atoms with Gasteiger partial charge in [0, 0.05) is 31.7 Å². The van der Waals surface area contributed by atoms with Crippen molar-refractivity contribution in [3.63, 3.8) is 0 Å². The van der Waals surface area contributed by atoms with Gasteiger partial charge >= 0.3 is 5.97 Å². The summed E-state index contributed by atoms with van der Waals surface area (Å²) in [4.78, 5) is 13.4. The molecule has 0 atom stereocenters. The zero-order valence-electron chi connectivity index (χ0n) is 17.7. The molecule has 0 aromatic heterocycles. The van der Waals surface area contributed by atoms with E-state index in [2.05, 4.69) is 63.5 Å². The van der Waals surface area contributed by atoms with Crippen LogP contribution in [0.1, 0.15) is 22.7 Å². The summed E-state index contributed by atoms with van der Waals surface area (Å²) >= 11 is 0. The van der Waals surface area contributed by atoms with Crippen molar-refractivity contribution in [1.29, 1.82) is 0 Å². The Morgan fingerprint density at radius 3 is 2.16 bits per heavy atom. The van der Waals surface area contributed by atoms with Gasteiger partial charge in [0.2, 0.25) is 0 Å². The van der Waals surface area contributed by atoms with Gasteiger partial charge in [-0.05, 0) is 34.4 Å². The fourth-order valence-electron chi connectivity index (χ4n) is 4.61. The van der Waals surface area contributed by atoms with Crippen LogP contribution < -0.4 is 4.74 Å². The molecule has 5 rings (SSSR count). The van der Waals surface area contributed by atoms with Gasteiger partial charge in [-0.15, -0.1) is 0 Å². The molecule has 1 aliphatic carbocycles. The van der Waals surface area contributed by atoms with Crippen molar-refractivity contribution in [1.82, 2.24) is 9.91 Å². The van der Waals surface area contributed by atoms with E-state index in [9.17, 15) is 4.79 Å². The standard InChI is InChI=1S/C26H25N3O3/c30-25(31)18-32-24-12-6-1-7-19(24)17-27-29-15-13-28(14-16-29)26-22-10-4-2-8-20(22)21-9-3-5-11-23(21)26/h1-12,17,26H,13-16,18H2,(H,30,31)/b27-17-. The van der Waals surface area contributed by atoms with Crippen LogP contribution in [0, 0.1) is 0 Å². The van der Waals surface area contributed by atoms with Crippen LogP contribution in [0.2, 0.25) is 0 Å². The first-order valence-corrected chi connectivity index (χ1v) is 10.9. The Bertz CT molecular complexity index is 1110. The highest BCUT2D eigenvalue weighted by molar-refractivity contribution is 5.83. The summed E-state index contributed by atoms with van der Waals surface area (Å²) < 4.78 is 5.37. The molecule has 1 N–H and O–H groups in total. The minimum atomic E-state index is -0.997. The lowest BCUT2D eigenvalue weighted by atomic mass is 10.0. The number of carbonyl (C=O) groups is 1. The predicted octanol–water partition coefficient (Wildman–Crippen LogP) is 3.87. The van der Waals surface area contributed by atoms with E-state index in [4.69, 9.17) is 9.84 Å². The second kappa shape index (κ2) is 8.85. The Hall–Kier alpha value is -3.64. The van der Waals surface area contributed by atoms with Gasteiger partial charge < -0.3 is 9.84 Å². The number of rotatable bonds is 6. The molecule has 1 fully saturated rings. The number of carboxylic acids is 1. The van der Waals surface area contributed by atoms with Gasteiger partial charge in [-0.1, -0.05) is 60.7 Å². The Morgan fingerprint density at radius 2 is 1.50 bits per heavy atom. The molecule has 0 radical (unpaired) electrons. The van der Waals surface area contributed by atoms with Crippen molar-refractivity contribution in [2.45, 2.75) is 6.04 Å². The van der Waals surface area contributed by atoms with E-state index in [1.54, 1.807) is 12.3 Å². The van der Waals surface area contributed by atoms with Crippen molar-refractivity contribution in [2.24, 2.45) is 5.10 Å². The van der Waals surface area contributed by atoms with Gasteiger partial charge in [-0.2, -0.15) is 5.10 Å². The van der Waals surface area contributed by atoms with E-state index in [-0.39, 0.29) is 6.61 Å². The summed E-state index contributed by atoms with van der Waals surface area (Å²) in [5, 5.41) is 15.6. The molecular weight excluding hydrogens is 402 g/mol. The summed E-state index contributed by atoms with van der Waals surface area (Å²) in [5.41, 5.74) is 6.22. The summed E-state index contributed by atoms with van der Waals surface area (Å²) in [7, 11) is 0. The molecule has 3 aromatic rings. The molecule has 32 heavy (non-hydrogen) atoms.